The lowest BCUT2D eigenvalue weighted by Gasteiger charge is -2.32. The van der Waals surface area contributed by atoms with Gasteiger partial charge < -0.3 is 30.1 Å². The Morgan fingerprint density at radius 1 is 1.03 bits per heavy atom. The first kappa shape index (κ1) is 25.3. The molecule has 0 radical (unpaired) electrons. The lowest BCUT2D eigenvalue weighted by atomic mass is 9.85. The number of hydrogen-bond donors (Lipinski definition) is 3. The zero-order chi connectivity index (χ0) is 25.5. The van der Waals surface area contributed by atoms with E-state index < -0.39 is 5.97 Å². The molecule has 1 aliphatic heterocycles. The summed E-state index contributed by atoms with van der Waals surface area (Å²) in [4.78, 5) is 37.9. The Labute approximate surface area is 210 Å². The van der Waals surface area contributed by atoms with Crippen molar-refractivity contribution in [2.75, 3.05) is 23.8 Å². The summed E-state index contributed by atoms with van der Waals surface area (Å²) in [5.41, 5.74) is 3.38. The fraction of sp³-hybridized carbons (Fsp3) is 0.444. The van der Waals surface area contributed by atoms with Crippen molar-refractivity contribution in [3.63, 3.8) is 0 Å². The minimum Gasteiger partial charge on any atom is -0.492 e. The Balaban J connectivity index is 1.28. The fourth-order valence-electron chi connectivity index (χ4n) is 4.84. The van der Waals surface area contributed by atoms with E-state index in [-0.39, 0.29) is 30.6 Å². The standard InChI is InChI=1S/C27H33N3O6/c1-2-35-24-6-4-3-5-23(24)29-26(33)28-21-10-9-20-17-30(14-13-19(20)16-21)27(34)36-22-11-7-18(8-12-22)15-25(31)32/h3-6,9-10,16,18,22H,2,7-8,11-15,17H2,1H3,(H,31,32)(H2,28,29,33). The summed E-state index contributed by atoms with van der Waals surface area (Å²) in [6.07, 6.45) is 3.34. The number of rotatable bonds is 7. The average molecular weight is 496 g/mol. The third kappa shape index (κ3) is 6.68. The smallest absolute Gasteiger partial charge is 0.410 e. The Kier molecular flexibility index (Phi) is 8.30. The van der Waals surface area contributed by atoms with Crippen molar-refractivity contribution in [2.24, 2.45) is 5.92 Å². The molecular formula is C27H33N3O6. The summed E-state index contributed by atoms with van der Waals surface area (Å²) in [5.74, 6) is 0.0119. The monoisotopic (exact) mass is 495 g/mol. The number of anilines is 2. The summed E-state index contributed by atoms with van der Waals surface area (Å²) in [7, 11) is 0. The average Bonchev–Trinajstić information content (AvgIpc) is 2.86. The van der Waals surface area contributed by atoms with Crippen LogP contribution in [0.25, 0.3) is 0 Å². The number of fused-ring (bicyclic) bond motifs is 1. The van der Waals surface area contributed by atoms with Gasteiger partial charge in [-0.15, -0.1) is 0 Å². The van der Waals surface area contributed by atoms with Crippen LogP contribution >= 0.6 is 0 Å². The highest BCUT2D eigenvalue weighted by Crippen LogP contribution is 2.30. The highest BCUT2D eigenvalue weighted by molar-refractivity contribution is 6.00. The zero-order valence-electron chi connectivity index (χ0n) is 20.5. The predicted octanol–water partition coefficient (Wildman–Crippen LogP) is 5.26. The van der Waals surface area contributed by atoms with E-state index in [0.29, 0.717) is 56.1 Å². The maximum Gasteiger partial charge on any atom is 0.410 e. The molecule has 2 aliphatic rings. The number of benzene rings is 2. The lowest BCUT2D eigenvalue weighted by Crippen LogP contribution is -2.39. The summed E-state index contributed by atoms with van der Waals surface area (Å²) < 4.78 is 11.3. The number of carbonyl (C=O) groups is 3. The van der Waals surface area contributed by atoms with E-state index in [1.54, 1.807) is 17.0 Å². The van der Waals surface area contributed by atoms with Crippen LogP contribution in [0.5, 0.6) is 5.75 Å². The molecule has 0 bridgehead atoms. The van der Waals surface area contributed by atoms with Crippen LogP contribution in [0.1, 0.15) is 50.2 Å². The van der Waals surface area contributed by atoms with E-state index >= 15 is 0 Å². The van der Waals surface area contributed by atoms with Crippen molar-refractivity contribution in [2.45, 2.75) is 58.1 Å². The van der Waals surface area contributed by atoms with Crippen LogP contribution < -0.4 is 15.4 Å². The summed E-state index contributed by atoms with van der Waals surface area (Å²) in [6, 6.07) is 12.6. The molecule has 9 nitrogen and oxygen atoms in total. The molecule has 4 rings (SSSR count). The van der Waals surface area contributed by atoms with Crippen molar-refractivity contribution in [1.29, 1.82) is 0 Å². The largest absolute Gasteiger partial charge is 0.492 e. The van der Waals surface area contributed by atoms with Gasteiger partial charge in [-0.3, -0.25) is 4.79 Å². The van der Waals surface area contributed by atoms with Crippen LogP contribution in [0.4, 0.5) is 21.0 Å². The Bertz CT molecular complexity index is 1100. The number of urea groups is 1. The molecule has 36 heavy (non-hydrogen) atoms. The van der Waals surface area contributed by atoms with Crippen LogP contribution in [-0.2, 0) is 22.5 Å². The molecule has 0 unspecified atom stereocenters. The molecule has 1 saturated carbocycles. The van der Waals surface area contributed by atoms with Crippen LogP contribution in [0, 0.1) is 5.92 Å². The number of carbonyl (C=O) groups excluding carboxylic acids is 2. The van der Waals surface area contributed by atoms with Crippen molar-refractivity contribution < 1.29 is 29.0 Å². The van der Waals surface area contributed by atoms with Gasteiger partial charge in [0, 0.05) is 25.2 Å². The molecule has 0 atom stereocenters. The number of carboxylic acid groups (broad SMARTS) is 1. The maximum atomic E-state index is 12.7. The number of ether oxygens (including phenoxy) is 2. The predicted molar refractivity (Wildman–Crippen MR) is 135 cm³/mol. The summed E-state index contributed by atoms with van der Waals surface area (Å²) in [6.45, 7) is 3.39. The molecule has 3 N–H and O–H groups in total. The molecule has 1 fully saturated rings. The first-order chi connectivity index (χ1) is 17.4. The maximum absolute atomic E-state index is 12.7. The quantitative estimate of drug-likeness (QED) is 0.483. The molecule has 0 spiro atoms. The normalized spacial score (nSPS) is 19.1. The minimum atomic E-state index is -0.770. The van der Waals surface area contributed by atoms with Crippen LogP contribution in [0.15, 0.2) is 42.5 Å². The van der Waals surface area contributed by atoms with Crippen molar-refractivity contribution in [3.05, 3.63) is 53.6 Å². The van der Waals surface area contributed by atoms with Gasteiger partial charge in [0.15, 0.2) is 0 Å². The van der Waals surface area contributed by atoms with Crippen LogP contribution in [-0.4, -0.2) is 47.4 Å². The first-order valence-corrected chi connectivity index (χ1v) is 12.5. The van der Waals surface area contributed by atoms with Gasteiger partial charge in [0.2, 0.25) is 0 Å². The molecule has 9 heteroatoms. The molecule has 1 heterocycles. The van der Waals surface area contributed by atoms with E-state index in [1.807, 2.05) is 37.3 Å². The third-order valence-electron chi connectivity index (χ3n) is 6.69. The minimum absolute atomic E-state index is 0.151. The van der Waals surface area contributed by atoms with Gasteiger partial charge >= 0.3 is 18.1 Å². The van der Waals surface area contributed by atoms with E-state index in [2.05, 4.69) is 10.6 Å². The molecule has 3 amide bonds. The third-order valence-corrected chi connectivity index (χ3v) is 6.69. The number of amides is 3. The summed E-state index contributed by atoms with van der Waals surface area (Å²) in [5, 5.41) is 14.6. The van der Waals surface area contributed by atoms with E-state index in [0.717, 1.165) is 24.0 Å². The second kappa shape index (κ2) is 11.8. The topological polar surface area (TPSA) is 117 Å². The highest BCUT2D eigenvalue weighted by atomic mass is 16.6. The second-order valence-corrected chi connectivity index (χ2v) is 9.29. The number of nitrogens with one attached hydrogen (secondary N) is 2. The number of aliphatic carboxylic acids is 1. The molecule has 0 aromatic heterocycles. The van der Waals surface area contributed by atoms with Crippen LogP contribution in [0.3, 0.4) is 0 Å². The van der Waals surface area contributed by atoms with Gasteiger partial charge in [-0.1, -0.05) is 18.2 Å². The van der Waals surface area contributed by atoms with Gasteiger partial charge in [0.25, 0.3) is 0 Å². The van der Waals surface area contributed by atoms with Crippen molar-refractivity contribution in [3.8, 4) is 5.75 Å². The fourth-order valence-corrected chi connectivity index (χ4v) is 4.84. The molecule has 1 aliphatic carbocycles. The Morgan fingerprint density at radius 2 is 1.81 bits per heavy atom. The molecular weight excluding hydrogens is 462 g/mol. The number of hydrogen-bond acceptors (Lipinski definition) is 5. The number of nitrogens with zero attached hydrogens (tertiary/aromatic N) is 1. The number of carboxylic acids is 1. The molecule has 2 aromatic rings. The molecule has 192 valence electrons. The first-order valence-electron chi connectivity index (χ1n) is 12.5. The van der Waals surface area contributed by atoms with Gasteiger partial charge in [0.05, 0.1) is 12.3 Å². The Morgan fingerprint density at radius 3 is 2.56 bits per heavy atom. The second-order valence-electron chi connectivity index (χ2n) is 9.29. The van der Waals surface area contributed by atoms with E-state index in [1.165, 1.54) is 0 Å². The van der Waals surface area contributed by atoms with E-state index in [4.69, 9.17) is 14.6 Å². The number of para-hydroxylation sites is 2. The SMILES string of the molecule is CCOc1ccccc1NC(=O)Nc1ccc2c(c1)CCN(C(=O)OC1CCC(CC(=O)O)CC1)C2. The zero-order valence-corrected chi connectivity index (χ0v) is 20.5. The summed E-state index contributed by atoms with van der Waals surface area (Å²) >= 11 is 0. The van der Waals surface area contributed by atoms with E-state index in [9.17, 15) is 14.4 Å². The lowest BCUT2D eigenvalue weighted by molar-refractivity contribution is -0.138. The highest BCUT2D eigenvalue weighted by Gasteiger charge is 2.28. The van der Waals surface area contributed by atoms with Gasteiger partial charge in [0.1, 0.15) is 11.9 Å². The Hall–Kier alpha value is -3.75. The van der Waals surface area contributed by atoms with Crippen LogP contribution in [0.2, 0.25) is 0 Å². The van der Waals surface area contributed by atoms with Crippen molar-refractivity contribution >= 4 is 29.5 Å². The van der Waals surface area contributed by atoms with Gasteiger partial charge in [-0.05, 0) is 80.3 Å². The molecule has 0 saturated heterocycles. The van der Waals surface area contributed by atoms with Crippen molar-refractivity contribution in [1.82, 2.24) is 4.90 Å². The molecule has 2 aromatic carbocycles. The van der Waals surface area contributed by atoms with Gasteiger partial charge in [-0.25, -0.2) is 9.59 Å². The van der Waals surface area contributed by atoms with Gasteiger partial charge in [-0.2, -0.15) is 0 Å².